The Morgan fingerprint density at radius 3 is 2.48 bits per heavy atom. The Bertz CT molecular complexity index is 906. The highest BCUT2D eigenvalue weighted by Gasteiger charge is 2.33. The summed E-state index contributed by atoms with van der Waals surface area (Å²) in [6, 6.07) is 12.6. The number of carbonyl (C=O) groups excluding carboxylic acids is 1. The van der Waals surface area contributed by atoms with Crippen molar-refractivity contribution in [2.75, 3.05) is 32.9 Å². The summed E-state index contributed by atoms with van der Waals surface area (Å²) in [5, 5.41) is 9.28. The van der Waals surface area contributed by atoms with Crippen molar-refractivity contribution in [3.05, 3.63) is 64.7 Å². The van der Waals surface area contributed by atoms with Crippen LogP contribution in [0.5, 0.6) is 5.75 Å². The quantitative estimate of drug-likeness (QED) is 0.844. The van der Waals surface area contributed by atoms with E-state index in [1.165, 1.54) is 6.07 Å². The number of aryl methyl sites for hydroxylation is 1. The van der Waals surface area contributed by atoms with E-state index >= 15 is 0 Å². The number of hydrogen-bond acceptors (Lipinski definition) is 4. The molecule has 4 rings (SSSR count). The molecule has 0 aromatic heterocycles. The first-order valence-corrected chi connectivity index (χ1v) is 9.72. The van der Waals surface area contributed by atoms with E-state index in [9.17, 15) is 14.7 Å². The third-order valence-corrected chi connectivity index (χ3v) is 5.42. The van der Waals surface area contributed by atoms with Crippen molar-refractivity contribution in [2.45, 2.75) is 19.5 Å². The number of amides is 2. The zero-order valence-corrected chi connectivity index (χ0v) is 16.3. The smallest absolute Gasteiger partial charge is 0.335 e. The number of carboxylic acids is 1. The minimum Gasteiger partial charge on any atom is -0.491 e. The van der Waals surface area contributed by atoms with E-state index in [1.807, 2.05) is 36.1 Å². The third-order valence-electron chi connectivity index (χ3n) is 5.42. The minimum absolute atomic E-state index is 0.0577. The Balaban J connectivity index is 1.69. The first kappa shape index (κ1) is 19.3. The Morgan fingerprint density at radius 2 is 1.79 bits per heavy atom. The number of benzene rings is 2. The highest BCUT2D eigenvalue weighted by atomic mass is 16.5. The SMILES string of the molecule is Cc1ccc(C2COc3cc(C(=O)O)ccc3CN2C(=O)N2CCOCC2)cc1. The summed E-state index contributed by atoms with van der Waals surface area (Å²) < 4.78 is 11.4. The zero-order valence-electron chi connectivity index (χ0n) is 16.3. The third kappa shape index (κ3) is 4.05. The molecule has 2 amide bonds. The Morgan fingerprint density at radius 1 is 1.07 bits per heavy atom. The van der Waals surface area contributed by atoms with Gasteiger partial charge >= 0.3 is 12.0 Å². The van der Waals surface area contributed by atoms with E-state index in [0.29, 0.717) is 38.6 Å². The molecule has 2 heterocycles. The fraction of sp³-hybridized carbons (Fsp3) is 0.364. The molecule has 2 aromatic rings. The number of urea groups is 1. The predicted octanol–water partition coefficient (Wildman–Crippen LogP) is 3.08. The van der Waals surface area contributed by atoms with Gasteiger partial charge in [-0.15, -0.1) is 0 Å². The molecular formula is C22H24N2O5. The average Bonchev–Trinajstić information content (AvgIpc) is 2.93. The standard InChI is InChI=1S/C22H24N2O5/c1-15-2-4-16(5-3-15)19-14-29-20-12-17(21(25)26)6-7-18(20)13-24(19)22(27)23-8-10-28-11-9-23/h2-7,12,19H,8-11,13-14H2,1H3,(H,25,26). The van der Waals surface area contributed by atoms with Crippen LogP contribution in [0.3, 0.4) is 0 Å². The van der Waals surface area contributed by atoms with Crippen molar-refractivity contribution < 1.29 is 24.2 Å². The van der Waals surface area contributed by atoms with E-state index in [4.69, 9.17) is 9.47 Å². The van der Waals surface area contributed by atoms with Gasteiger partial charge in [0, 0.05) is 18.7 Å². The van der Waals surface area contributed by atoms with Crippen molar-refractivity contribution in [3.63, 3.8) is 0 Å². The first-order valence-electron chi connectivity index (χ1n) is 9.72. The highest BCUT2D eigenvalue weighted by Crippen LogP contribution is 2.33. The lowest BCUT2D eigenvalue weighted by atomic mass is 10.0. The van der Waals surface area contributed by atoms with E-state index in [2.05, 4.69) is 0 Å². The van der Waals surface area contributed by atoms with Crippen molar-refractivity contribution in [3.8, 4) is 5.75 Å². The molecule has 1 fully saturated rings. The fourth-order valence-electron chi connectivity index (χ4n) is 3.71. The molecule has 0 aliphatic carbocycles. The summed E-state index contributed by atoms with van der Waals surface area (Å²) in [5.41, 5.74) is 3.10. The number of aromatic carboxylic acids is 1. The molecule has 7 heteroatoms. The summed E-state index contributed by atoms with van der Waals surface area (Å²) in [6.45, 7) is 4.81. The van der Waals surface area contributed by atoms with Gasteiger partial charge in [-0.1, -0.05) is 35.9 Å². The van der Waals surface area contributed by atoms with Crippen LogP contribution in [-0.2, 0) is 11.3 Å². The van der Waals surface area contributed by atoms with Gasteiger partial charge in [0.15, 0.2) is 0 Å². The second-order valence-corrected chi connectivity index (χ2v) is 7.38. The van der Waals surface area contributed by atoms with Crippen LogP contribution in [-0.4, -0.2) is 59.8 Å². The minimum atomic E-state index is -1.00. The van der Waals surface area contributed by atoms with Gasteiger partial charge in [-0.3, -0.25) is 0 Å². The molecular weight excluding hydrogens is 372 g/mol. The van der Waals surface area contributed by atoms with E-state index in [0.717, 1.165) is 16.7 Å². The average molecular weight is 396 g/mol. The molecule has 1 atom stereocenters. The molecule has 1 N–H and O–H groups in total. The maximum atomic E-state index is 13.4. The summed E-state index contributed by atoms with van der Waals surface area (Å²) >= 11 is 0. The van der Waals surface area contributed by atoms with Crippen molar-refractivity contribution in [1.82, 2.24) is 9.80 Å². The van der Waals surface area contributed by atoms with Crippen LogP contribution in [0.15, 0.2) is 42.5 Å². The number of nitrogens with zero attached hydrogens (tertiary/aromatic N) is 2. The van der Waals surface area contributed by atoms with E-state index < -0.39 is 5.97 Å². The molecule has 2 aliphatic heterocycles. The number of carboxylic acid groups (broad SMARTS) is 1. The molecule has 7 nitrogen and oxygen atoms in total. The summed E-state index contributed by atoms with van der Waals surface area (Å²) in [6.07, 6.45) is 0. The largest absolute Gasteiger partial charge is 0.491 e. The second-order valence-electron chi connectivity index (χ2n) is 7.38. The van der Waals surface area contributed by atoms with Crippen LogP contribution in [0.2, 0.25) is 0 Å². The van der Waals surface area contributed by atoms with E-state index in [-0.39, 0.29) is 24.2 Å². The summed E-state index contributed by atoms with van der Waals surface area (Å²) in [4.78, 5) is 28.3. The normalized spacial score (nSPS) is 19.1. The van der Waals surface area contributed by atoms with Gasteiger partial charge in [0.1, 0.15) is 12.4 Å². The monoisotopic (exact) mass is 396 g/mol. The number of morpholine rings is 1. The molecule has 152 valence electrons. The van der Waals surface area contributed by atoms with Crippen LogP contribution in [0.4, 0.5) is 4.79 Å². The van der Waals surface area contributed by atoms with Crippen molar-refractivity contribution in [2.24, 2.45) is 0 Å². The van der Waals surface area contributed by atoms with Gasteiger partial charge in [0.25, 0.3) is 0 Å². The molecule has 0 radical (unpaired) electrons. The van der Waals surface area contributed by atoms with Gasteiger partial charge in [-0.2, -0.15) is 0 Å². The van der Waals surface area contributed by atoms with Gasteiger partial charge < -0.3 is 24.4 Å². The van der Waals surface area contributed by atoms with Crippen LogP contribution < -0.4 is 4.74 Å². The topological polar surface area (TPSA) is 79.3 Å². The fourth-order valence-corrected chi connectivity index (χ4v) is 3.71. The summed E-state index contributed by atoms with van der Waals surface area (Å²) in [7, 11) is 0. The lowest BCUT2D eigenvalue weighted by Crippen LogP contribution is -2.49. The van der Waals surface area contributed by atoms with Crippen LogP contribution in [0, 0.1) is 6.92 Å². The van der Waals surface area contributed by atoms with Crippen LogP contribution in [0.1, 0.15) is 33.1 Å². The molecule has 0 spiro atoms. The number of rotatable bonds is 2. The Hall–Kier alpha value is -3.06. The van der Waals surface area contributed by atoms with Gasteiger partial charge in [0.2, 0.25) is 0 Å². The Kier molecular flexibility index (Phi) is 5.40. The van der Waals surface area contributed by atoms with Gasteiger partial charge in [-0.05, 0) is 24.6 Å². The zero-order chi connectivity index (χ0) is 20.4. The van der Waals surface area contributed by atoms with Crippen LogP contribution >= 0.6 is 0 Å². The Labute approximate surface area is 169 Å². The molecule has 1 unspecified atom stereocenters. The molecule has 1 saturated heterocycles. The number of ether oxygens (including phenoxy) is 2. The lowest BCUT2D eigenvalue weighted by molar-refractivity contribution is 0.0362. The van der Waals surface area contributed by atoms with Crippen LogP contribution in [0.25, 0.3) is 0 Å². The van der Waals surface area contributed by atoms with Crippen molar-refractivity contribution in [1.29, 1.82) is 0 Å². The maximum Gasteiger partial charge on any atom is 0.335 e. The molecule has 2 aliphatic rings. The molecule has 29 heavy (non-hydrogen) atoms. The molecule has 2 aromatic carbocycles. The van der Waals surface area contributed by atoms with Gasteiger partial charge in [0.05, 0.1) is 31.4 Å². The molecule has 0 saturated carbocycles. The van der Waals surface area contributed by atoms with E-state index in [1.54, 1.807) is 17.0 Å². The first-order chi connectivity index (χ1) is 14.0. The predicted molar refractivity (Wildman–Crippen MR) is 106 cm³/mol. The maximum absolute atomic E-state index is 13.4. The number of hydrogen-bond donors (Lipinski definition) is 1. The number of carbonyl (C=O) groups is 2. The lowest BCUT2D eigenvalue weighted by Gasteiger charge is -2.36. The van der Waals surface area contributed by atoms with Gasteiger partial charge in [-0.25, -0.2) is 9.59 Å². The second kappa shape index (κ2) is 8.13. The van der Waals surface area contributed by atoms with Crippen molar-refractivity contribution >= 4 is 12.0 Å². The number of fused-ring (bicyclic) bond motifs is 1. The molecule has 0 bridgehead atoms. The summed E-state index contributed by atoms with van der Waals surface area (Å²) in [5.74, 6) is -0.490. The highest BCUT2D eigenvalue weighted by molar-refractivity contribution is 5.88.